The van der Waals surface area contributed by atoms with E-state index in [9.17, 15) is 22.8 Å². The van der Waals surface area contributed by atoms with Crippen molar-refractivity contribution in [2.24, 2.45) is 0 Å². The highest BCUT2D eigenvalue weighted by Gasteiger charge is 2.34. The fourth-order valence-corrected chi connectivity index (χ4v) is 1.53. The van der Waals surface area contributed by atoms with E-state index in [0.717, 1.165) is 10.7 Å². The molecular formula is C11H9F4N5O. The van der Waals surface area contributed by atoms with Crippen LogP contribution in [0.4, 0.5) is 28.9 Å². The summed E-state index contributed by atoms with van der Waals surface area (Å²) in [5.41, 5.74) is 3.58. The molecule has 0 atom stereocenters. The Kier molecular flexibility index (Phi) is 3.56. The maximum atomic E-state index is 13.1. The van der Waals surface area contributed by atoms with Crippen LogP contribution in [0.3, 0.4) is 0 Å². The van der Waals surface area contributed by atoms with Crippen LogP contribution < -0.4 is 10.8 Å². The van der Waals surface area contributed by atoms with Crippen LogP contribution in [0.5, 0.6) is 0 Å². The van der Waals surface area contributed by atoms with Gasteiger partial charge in [0.2, 0.25) is 5.96 Å². The van der Waals surface area contributed by atoms with Crippen molar-refractivity contribution < 1.29 is 22.8 Å². The maximum absolute atomic E-state index is 13.1. The van der Waals surface area contributed by atoms with Crippen molar-refractivity contribution in [1.82, 2.24) is 9.78 Å². The van der Waals surface area contributed by atoms with Gasteiger partial charge < -0.3 is 5.73 Å². The van der Waals surface area contributed by atoms with Gasteiger partial charge in [-0.15, -0.1) is 0 Å². The molecule has 1 heterocycles. The van der Waals surface area contributed by atoms with Crippen molar-refractivity contribution >= 4 is 17.3 Å². The minimum atomic E-state index is -4.92. The first kappa shape index (κ1) is 14.8. The quantitative estimate of drug-likeness (QED) is 0.326. The van der Waals surface area contributed by atoms with E-state index in [1.54, 1.807) is 0 Å². The van der Waals surface area contributed by atoms with Gasteiger partial charge in [0, 0.05) is 0 Å². The molecule has 0 bridgehead atoms. The van der Waals surface area contributed by atoms with Crippen LogP contribution in [-0.4, -0.2) is 20.9 Å². The van der Waals surface area contributed by atoms with E-state index in [-0.39, 0.29) is 10.8 Å². The van der Waals surface area contributed by atoms with Crippen LogP contribution in [0, 0.1) is 11.2 Å². The smallest absolute Gasteiger partial charge is 0.396 e. The van der Waals surface area contributed by atoms with Gasteiger partial charge >= 0.3 is 6.18 Å². The lowest BCUT2D eigenvalue weighted by atomic mass is 10.2. The zero-order valence-electron chi connectivity index (χ0n) is 10.3. The lowest BCUT2D eigenvalue weighted by Crippen LogP contribution is -2.33. The highest BCUT2D eigenvalue weighted by molar-refractivity contribution is 5.92. The largest absolute Gasteiger partial charge is 0.419 e. The van der Waals surface area contributed by atoms with E-state index >= 15 is 0 Å². The number of benzene rings is 1. The predicted molar refractivity (Wildman–Crippen MR) is 65.4 cm³/mol. The van der Waals surface area contributed by atoms with Gasteiger partial charge in [0.15, 0.2) is 0 Å². The standard InChI is InChI=1S/C11H9F4N5O/c12-9-2-1-7(3-8(9)11(13,14)15)20(21)10(17)19-5-6(16)4-18-19/h1-5,17,21H,16H2. The second-order valence-corrected chi connectivity index (χ2v) is 4.02. The van der Waals surface area contributed by atoms with Crippen molar-refractivity contribution in [3.05, 3.63) is 42.0 Å². The van der Waals surface area contributed by atoms with Gasteiger partial charge in [0.25, 0.3) is 0 Å². The molecule has 4 N–H and O–H groups in total. The topological polar surface area (TPSA) is 91.2 Å². The summed E-state index contributed by atoms with van der Waals surface area (Å²) < 4.78 is 51.8. The number of hydrogen-bond donors (Lipinski definition) is 3. The number of rotatable bonds is 1. The maximum Gasteiger partial charge on any atom is 0.419 e. The Labute approximate surface area is 115 Å². The third-order valence-electron chi connectivity index (χ3n) is 2.52. The van der Waals surface area contributed by atoms with Crippen LogP contribution in [0.2, 0.25) is 0 Å². The average molecular weight is 303 g/mol. The number of nitrogen functional groups attached to an aromatic ring is 1. The molecule has 6 nitrogen and oxygen atoms in total. The highest BCUT2D eigenvalue weighted by Crippen LogP contribution is 2.33. The Morgan fingerprint density at radius 3 is 2.57 bits per heavy atom. The van der Waals surface area contributed by atoms with E-state index in [1.807, 2.05) is 0 Å². The summed E-state index contributed by atoms with van der Waals surface area (Å²) in [5, 5.41) is 21.1. The van der Waals surface area contributed by atoms with E-state index < -0.39 is 29.2 Å². The van der Waals surface area contributed by atoms with Gasteiger partial charge in [-0.1, -0.05) is 0 Å². The van der Waals surface area contributed by atoms with Gasteiger partial charge in [0.05, 0.1) is 29.3 Å². The van der Waals surface area contributed by atoms with E-state index in [2.05, 4.69) is 5.10 Å². The molecule has 0 saturated carbocycles. The Bertz CT molecular complexity index is 681. The molecule has 0 radical (unpaired) electrons. The Balaban J connectivity index is 2.36. The van der Waals surface area contributed by atoms with E-state index in [1.165, 1.54) is 12.4 Å². The summed E-state index contributed by atoms with van der Waals surface area (Å²) in [5.74, 6) is -2.15. The number of aromatic nitrogens is 2. The predicted octanol–water partition coefficient (Wildman–Crippen LogP) is 2.30. The monoisotopic (exact) mass is 303 g/mol. The van der Waals surface area contributed by atoms with Crippen LogP contribution in [-0.2, 0) is 6.18 Å². The van der Waals surface area contributed by atoms with Gasteiger partial charge in [-0.05, 0) is 18.2 Å². The van der Waals surface area contributed by atoms with Crippen LogP contribution in [0.1, 0.15) is 5.56 Å². The molecule has 2 aromatic rings. The summed E-state index contributed by atoms with van der Waals surface area (Å²) in [6.45, 7) is 0. The molecule has 0 aliphatic rings. The van der Waals surface area contributed by atoms with Crippen molar-refractivity contribution in [2.75, 3.05) is 10.8 Å². The molecule has 1 aromatic heterocycles. The van der Waals surface area contributed by atoms with Crippen LogP contribution >= 0.6 is 0 Å². The lowest BCUT2D eigenvalue weighted by Gasteiger charge is -2.18. The Morgan fingerprint density at radius 2 is 2.05 bits per heavy atom. The normalized spacial score (nSPS) is 11.5. The number of alkyl halides is 3. The van der Waals surface area contributed by atoms with Crippen LogP contribution in [0.15, 0.2) is 30.6 Å². The molecule has 0 aliphatic heterocycles. The number of hydrogen-bond acceptors (Lipinski definition) is 4. The number of halogens is 4. The SMILES string of the molecule is N=C(N(O)c1ccc(F)c(C(F)(F)F)c1)n1cc(N)cn1. The second kappa shape index (κ2) is 5.05. The molecule has 0 fully saturated rings. The second-order valence-electron chi connectivity index (χ2n) is 4.02. The van der Waals surface area contributed by atoms with Crippen molar-refractivity contribution in [2.45, 2.75) is 6.18 Å². The molecule has 2 rings (SSSR count). The number of hydroxylamine groups is 1. The summed E-state index contributed by atoms with van der Waals surface area (Å²) in [6, 6.07) is 1.83. The van der Waals surface area contributed by atoms with Gasteiger partial charge in [0.1, 0.15) is 5.82 Å². The first-order chi connectivity index (χ1) is 9.70. The molecule has 112 valence electrons. The highest BCUT2D eigenvalue weighted by atomic mass is 19.4. The third-order valence-corrected chi connectivity index (χ3v) is 2.52. The summed E-state index contributed by atoms with van der Waals surface area (Å²) in [6.07, 6.45) is -2.55. The minimum Gasteiger partial charge on any atom is -0.396 e. The molecule has 0 unspecified atom stereocenters. The number of nitrogens with zero attached hydrogens (tertiary/aromatic N) is 3. The molecule has 0 saturated heterocycles. The summed E-state index contributed by atoms with van der Waals surface area (Å²) in [7, 11) is 0. The average Bonchev–Trinajstić information content (AvgIpc) is 2.83. The summed E-state index contributed by atoms with van der Waals surface area (Å²) >= 11 is 0. The number of nitrogens with one attached hydrogen (secondary N) is 1. The molecule has 10 heteroatoms. The molecular weight excluding hydrogens is 294 g/mol. The fourth-order valence-electron chi connectivity index (χ4n) is 1.53. The zero-order valence-corrected chi connectivity index (χ0v) is 10.3. The molecule has 0 spiro atoms. The Hall–Kier alpha value is -2.62. The number of nitrogens with two attached hydrogens (primary N) is 1. The molecule has 0 amide bonds. The first-order valence-electron chi connectivity index (χ1n) is 5.45. The van der Waals surface area contributed by atoms with Gasteiger partial charge in [-0.3, -0.25) is 10.6 Å². The van der Waals surface area contributed by atoms with Crippen molar-refractivity contribution in [1.29, 1.82) is 5.41 Å². The van der Waals surface area contributed by atoms with Crippen LogP contribution in [0.25, 0.3) is 0 Å². The summed E-state index contributed by atoms with van der Waals surface area (Å²) in [4.78, 5) is 0. The Morgan fingerprint density at radius 1 is 1.38 bits per heavy atom. The molecule has 1 aromatic carbocycles. The zero-order chi connectivity index (χ0) is 15.8. The third kappa shape index (κ3) is 2.94. The first-order valence-corrected chi connectivity index (χ1v) is 5.45. The molecule has 0 aliphatic carbocycles. The number of anilines is 2. The van der Waals surface area contributed by atoms with Crippen molar-refractivity contribution in [3.8, 4) is 0 Å². The minimum absolute atomic E-state index is 0.126. The van der Waals surface area contributed by atoms with E-state index in [0.29, 0.717) is 12.1 Å². The van der Waals surface area contributed by atoms with Gasteiger partial charge in [-0.25, -0.2) is 9.07 Å². The van der Waals surface area contributed by atoms with E-state index in [4.69, 9.17) is 11.1 Å². The van der Waals surface area contributed by atoms with Gasteiger partial charge in [-0.2, -0.15) is 23.3 Å². The van der Waals surface area contributed by atoms with Crippen molar-refractivity contribution in [3.63, 3.8) is 0 Å². The fraction of sp³-hybridized carbons (Fsp3) is 0.0909. The molecule has 21 heavy (non-hydrogen) atoms. The lowest BCUT2D eigenvalue weighted by molar-refractivity contribution is -0.139.